The molecule has 0 bridgehead atoms. The second-order valence-corrected chi connectivity index (χ2v) is 9.78. The van der Waals surface area contributed by atoms with E-state index >= 15 is 0 Å². The molecule has 6 rings (SSSR count). The van der Waals surface area contributed by atoms with Gasteiger partial charge in [-0.3, -0.25) is 4.98 Å². The molecule has 2 fully saturated rings. The zero-order valence-corrected chi connectivity index (χ0v) is 21.1. The minimum atomic E-state index is -0.965. The standard InChI is InChI=1S/C27H26FN7O4/c1-27(25(36)39-35-18-8-9-18)14-37-24(38-15-27)23-33-21(16-4-6-17(28)7-5-16)22(34-23)20-10-12-30-26(32-20)31-19-3-2-11-29-13-19/h2-7,10-13,18,24,35H,8-9,14-15H2,1H3,(H,33,34)(H,30,31,32). The lowest BCUT2D eigenvalue weighted by molar-refractivity contribution is -0.241. The van der Waals surface area contributed by atoms with Gasteiger partial charge in [-0.25, -0.2) is 24.1 Å². The lowest BCUT2D eigenvalue weighted by Gasteiger charge is -2.34. The van der Waals surface area contributed by atoms with Crippen molar-refractivity contribution in [2.45, 2.75) is 32.1 Å². The molecular weight excluding hydrogens is 505 g/mol. The Balaban J connectivity index is 1.26. The van der Waals surface area contributed by atoms with Crippen LogP contribution in [0.2, 0.25) is 0 Å². The predicted octanol–water partition coefficient (Wildman–Crippen LogP) is 4.07. The Morgan fingerprint density at radius 3 is 2.62 bits per heavy atom. The molecule has 4 heterocycles. The summed E-state index contributed by atoms with van der Waals surface area (Å²) in [5, 5.41) is 3.12. The molecule has 1 aliphatic heterocycles. The third-order valence-electron chi connectivity index (χ3n) is 6.39. The van der Waals surface area contributed by atoms with Crippen LogP contribution < -0.4 is 10.8 Å². The number of halogens is 1. The molecule has 200 valence electrons. The number of carbonyl (C=O) groups is 1. The van der Waals surface area contributed by atoms with Crippen molar-refractivity contribution >= 4 is 17.6 Å². The highest BCUT2D eigenvalue weighted by atomic mass is 19.1. The Hall–Kier alpha value is -4.26. The van der Waals surface area contributed by atoms with Gasteiger partial charge in [0.15, 0.2) is 5.82 Å². The highest BCUT2D eigenvalue weighted by molar-refractivity contribution is 5.78. The Kier molecular flexibility index (Phi) is 6.73. The maximum absolute atomic E-state index is 13.7. The Morgan fingerprint density at radius 2 is 1.90 bits per heavy atom. The largest absolute Gasteiger partial charge is 0.370 e. The molecule has 0 spiro atoms. The van der Waals surface area contributed by atoms with Crippen LogP contribution in [0.1, 0.15) is 31.9 Å². The van der Waals surface area contributed by atoms with E-state index in [1.54, 1.807) is 49.8 Å². The number of carbonyl (C=O) groups excluding carboxylic acids is 1. The number of H-pyrrole nitrogens is 1. The molecule has 12 heteroatoms. The van der Waals surface area contributed by atoms with Crippen LogP contribution in [-0.4, -0.2) is 50.1 Å². The molecule has 3 aromatic heterocycles. The summed E-state index contributed by atoms with van der Waals surface area (Å²) in [7, 11) is 0. The molecule has 1 aliphatic carbocycles. The number of rotatable bonds is 8. The van der Waals surface area contributed by atoms with Crippen LogP contribution in [0.3, 0.4) is 0 Å². The van der Waals surface area contributed by atoms with E-state index in [4.69, 9.17) is 19.3 Å². The van der Waals surface area contributed by atoms with Crippen LogP contribution in [0.15, 0.2) is 61.1 Å². The number of nitrogens with one attached hydrogen (secondary N) is 3. The molecule has 0 unspecified atom stereocenters. The summed E-state index contributed by atoms with van der Waals surface area (Å²) in [5.74, 6) is -0.0471. The number of pyridine rings is 1. The molecule has 1 saturated heterocycles. The average molecular weight is 532 g/mol. The van der Waals surface area contributed by atoms with Crippen molar-refractivity contribution in [2.24, 2.45) is 5.41 Å². The fourth-order valence-electron chi connectivity index (χ4n) is 3.98. The molecule has 2 aliphatic rings. The van der Waals surface area contributed by atoms with Crippen molar-refractivity contribution in [2.75, 3.05) is 18.5 Å². The summed E-state index contributed by atoms with van der Waals surface area (Å²) in [6, 6.07) is 11.6. The Bertz CT molecular complexity index is 1450. The smallest absolute Gasteiger partial charge is 0.335 e. The van der Waals surface area contributed by atoms with Gasteiger partial charge in [-0.15, -0.1) is 0 Å². The van der Waals surface area contributed by atoms with Gasteiger partial charge in [-0.2, -0.15) is 5.48 Å². The maximum atomic E-state index is 13.7. The van der Waals surface area contributed by atoms with E-state index in [1.807, 2.05) is 6.07 Å². The summed E-state index contributed by atoms with van der Waals surface area (Å²) in [4.78, 5) is 38.9. The summed E-state index contributed by atoms with van der Waals surface area (Å²) in [6.45, 7) is 1.89. The van der Waals surface area contributed by atoms with Crippen molar-refractivity contribution in [1.82, 2.24) is 30.4 Å². The summed E-state index contributed by atoms with van der Waals surface area (Å²) in [6.07, 6.45) is 6.08. The minimum Gasteiger partial charge on any atom is -0.370 e. The number of ether oxygens (including phenoxy) is 2. The molecule has 11 nitrogen and oxygen atoms in total. The van der Waals surface area contributed by atoms with Crippen LogP contribution in [-0.2, 0) is 19.1 Å². The maximum Gasteiger partial charge on any atom is 0.335 e. The van der Waals surface area contributed by atoms with Gasteiger partial charge in [-0.05, 0) is 62.2 Å². The van der Waals surface area contributed by atoms with Gasteiger partial charge in [0.1, 0.15) is 11.2 Å². The van der Waals surface area contributed by atoms with E-state index in [2.05, 4.69) is 30.7 Å². The number of benzene rings is 1. The van der Waals surface area contributed by atoms with E-state index in [1.165, 1.54) is 12.1 Å². The quantitative estimate of drug-likeness (QED) is 0.285. The second-order valence-electron chi connectivity index (χ2n) is 9.78. The summed E-state index contributed by atoms with van der Waals surface area (Å²) < 4.78 is 25.5. The number of imidazole rings is 1. The third kappa shape index (κ3) is 5.62. The van der Waals surface area contributed by atoms with E-state index in [9.17, 15) is 9.18 Å². The van der Waals surface area contributed by atoms with Crippen molar-refractivity contribution in [3.63, 3.8) is 0 Å². The predicted molar refractivity (Wildman–Crippen MR) is 138 cm³/mol. The lowest BCUT2D eigenvalue weighted by atomic mass is 9.92. The molecule has 39 heavy (non-hydrogen) atoms. The van der Waals surface area contributed by atoms with Gasteiger partial charge < -0.3 is 24.6 Å². The zero-order chi connectivity index (χ0) is 26.8. The highest BCUT2D eigenvalue weighted by Gasteiger charge is 2.43. The molecular formula is C27H26FN7O4. The van der Waals surface area contributed by atoms with E-state index in [-0.39, 0.29) is 25.1 Å². The van der Waals surface area contributed by atoms with Crippen molar-refractivity contribution in [1.29, 1.82) is 0 Å². The third-order valence-corrected chi connectivity index (χ3v) is 6.39. The minimum absolute atomic E-state index is 0.0808. The zero-order valence-electron chi connectivity index (χ0n) is 21.1. The van der Waals surface area contributed by atoms with Crippen LogP contribution >= 0.6 is 0 Å². The monoisotopic (exact) mass is 531 g/mol. The molecule has 1 aromatic carbocycles. The number of aromatic amines is 1. The van der Waals surface area contributed by atoms with E-state index < -0.39 is 17.7 Å². The fourth-order valence-corrected chi connectivity index (χ4v) is 3.98. The number of hydrogen-bond donors (Lipinski definition) is 3. The van der Waals surface area contributed by atoms with Crippen LogP contribution in [0.25, 0.3) is 22.6 Å². The molecule has 0 amide bonds. The number of hydrogen-bond acceptors (Lipinski definition) is 10. The van der Waals surface area contributed by atoms with Gasteiger partial charge in [-0.1, -0.05) is 0 Å². The first-order valence-electron chi connectivity index (χ1n) is 12.5. The lowest BCUT2D eigenvalue weighted by Crippen LogP contribution is -2.45. The SMILES string of the molecule is CC1(C(=O)ONC2CC2)COC(c2nc(-c3ccc(F)cc3)c(-c3ccnc(Nc4cccnc4)n3)[nH]2)OC1. The topological polar surface area (TPSA) is 136 Å². The second kappa shape index (κ2) is 10.5. The number of nitrogens with zero attached hydrogens (tertiary/aromatic N) is 4. The van der Waals surface area contributed by atoms with Crippen molar-refractivity contribution in [3.8, 4) is 22.6 Å². The number of anilines is 2. The van der Waals surface area contributed by atoms with E-state index in [0.29, 0.717) is 34.4 Å². The normalized spacial score (nSPS) is 20.9. The van der Waals surface area contributed by atoms with Crippen molar-refractivity contribution in [3.05, 3.63) is 72.7 Å². The Labute approximate surface area is 223 Å². The highest BCUT2D eigenvalue weighted by Crippen LogP contribution is 2.36. The van der Waals surface area contributed by atoms with Crippen LogP contribution in [0.4, 0.5) is 16.0 Å². The average Bonchev–Trinajstić information content (AvgIpc) is 3.69. The molecule has 3 N–H and O–H groups in total. The van der Waals surface area contributed by atoms with Gasteiger partial charge in [0.05, 0.1) is 42.2 Å². The number of aromatic nitrogens is 5. The van der Waals surface area contributed by atoms with E-state index in [0.717, 1.165) is 18.5 Å². The fraction of sp³-hybridized carbons (Fsp3) is 0.296. The van der Waals surface area contributed by atoms with Gasteiger partial charge in [0, 0.05) is 24.0 Å². The van der Waals surface area contributed by atoms with Crippen LogP contribution in [0, 0.1) is 11.2 Å². The summed E-state index contributed by atoms with van der Waals surface area (Å²) >= 11 is 0. The van der Waals surface area contributed by atoms with Crippen LogP contribution in [0.5, 0.6) is 0 Å². The first-order chi connectivity index (χ1) is 19.0. The molecule has 0 atom stereocenters. The van der Waals surface area contributed by atoms with Gasteiger partial charge in [0.2, 0.25) is 12.2 Å². The summed E-state index contributed by atoms with van der Waals surface area (Å²) in [5.41, 5.74) is 4.85. The molecule has 1 saturated carbocycles. The molecule has 4 aromatic rings. The van der Waals surface area contributed by atoms with Gasteiger partial charge in [0.25, 0.3) is 0 Å². The number of hydroxylamine groups is 1. The van der Waals surface area contributed by atoms with Gasteiger partial charge >= 0.3 is 5.97 Å². The van der Waals surface area contributed by atoms with Crippen molar-refractivity contribution < 1.29 is 23.5 Å². The first-order valence-corrected chi connectivity index (χ1v) is 12.5. The Morgan fingerprint density at radius 1 is 1.10 bits per heavy atom. The first kappa shape index (κ1) is 25.0. The molecule has 0 radical (unpaired) electrons.